The van der Waals surface area contributed by atoms with Gasteiger partial charge in [0.1, 0.15) is 11.4 Å². The van der Waals surface area contributed by atoms with E-state index in [4.69, 9.17) is 4.74 Å². The number of amides is 1. The molecule has 2 aromatic rings. The van der Waals surface area contributed by atoms with Crippen molar-refractivity contribution in [1.29, 1.82) is 0 Å². The van der Waals surface area contributed by atoms with Gasteiger partial charge in [-0.15, -0.1) is 24.0 Å². The van der Waals surface area contributed by atoms with Gasteiger partial charge in [-0.2, -0.15) is 0 Å². The number of anilines is 1. The summed E-state index contributed by atoms with van der Waals surface area (Å²) in [5.41, 5.74) is 2.93. The molecule has 1 atom stereocenters. The summed E-state index contributed by atoms with van der Waals surface area (Å²) in [6.45, 7) is 6.48. The topological polar surface area (TPSA) is 74.8 Å². The average molecular weight is 522 g/mol. The Balaban J connectivity index is 0.00000320. The van der Waals surface area contributed by atoms with Crippen molar-refractivity contribution in [2.75, 3.05) is 18.9 Å². The highest BCUT2D eigenvalue weighted by Gasteiger charge is 2.33. The molecule has 0 saturated carbocycles. The van der Waals surface area contributed by atoms with Gasteiger partial charge in [-0.25, -0.2) is 0 Å². The summed E-state index contributed by atoms with van der Waals surface area (Å²) in [5, 5.41) is 9.73. The standard InChI is InChI=1S/C23H30N4O2.HI/c1-16(28)26-18-11-9-17(10-12-18)13-14-25-22(24-4)27-20-15-23(2,3)29-21-8-6-5-7-19(20)21;/h5-12,20H,13-15H2,1-4H3,(H,26,28)(H2,24,25,27);1H. The van der Waals surface area contributed by atoms with Gasteiger partial charge in [0.25, 0.3) is 0 Å². The van der Waals surface area contributed by atoms with Gasteiger partial charge in [0.2, 0.25) is 5.91 Å². The largest absolute Gasteiger partial charge is 0.487 e. The first kappa shape index (κ1) is 24.0. The maximum atomic E-state index is 11.1. The first-order chi connectivity index (χ1) is 13.9. The Morgan fingerprint density at radius 1 is 1.17 bits per heavy atom. The monoisotopic (exact) mass is 522 g/mol. The first-order valence-corrected chi connectivity index (χ1v) is 9.98. The van der Waals surface area contributed by atoms with Gasteiger partial charge in [0.15, 0.2) is 5.96 Å². The van der Waals surface area contributed by atoms with Gasteiger partial charge >= 0.3 is 0 Å². The van der Waals surface area contributed by atoms with E-state index in [-0.39, 0.29) is 41.5 Å². The number of para-hydroxylation sites is 1. The molecule has 1 aliphatic rings. The zero-order chi connectivity index (χ0) is 20.9. The highest BCUT2D eigenvalue weighted by Crippen LogP contribution is 2.39. The van der Waals surface area contributed by atoms with E-state index in [1.54, 1.807) is 7.05 Å². The van der Waals surface area contributed by atoms with Crippen LogP contribution in [0.3, 0.4) is 0 Å². The molecule has 0 spiro atoms. The third kappa shape index (κ3) is 6.62. The molecule has 0 aliphatic carbocycles. The van der Waals surface area contributed by atoms with Crippen molar-refractivity contribution in [1.82, 2.24) is 10.6 Å². The zero-order valence-electron chi connectivity index (χ0n) is 18.0. The van der Waals surface area contributed by atoms with Gasteiger partial charge in [-0.3, -0.25) is 9.79 Å². The second-order valence-corrected chi connectivity index (χ2v) is 7.93. The summed E-state index contributed by atoms with van der Waals surface area (Å²) in [4.78, 5) is 15.5. The molecule has 1 aliphatic heterocycles. The molecule has 3 rings (SSSR count). The average Bonchev–Trinajstić information content (AvgIpc) is 2.67. The molecule has 0 aromatic heterocycles. The van der Waals surface area contributed by atoms with E-state index in [2.05, 4.69) is 40.9 Å². The van der Waals surface area contributed by atoms with Crippen LogP contribution in [-0.4, -0.2) is 31.1 Å². The van der Waals surface area contributed by atoms with Crippen molar-refractivity contribution >= 4 is 41.5 Å². The molecule has 0 saturated heterocycles. The fourth-order valence-corrected chi connectivity index (χ4v) is 3.57. The maximum absolute atomic E-state index is 11.1. The van der Waals surface area contributed by atoms with Crippen LogP contribution in [-0.2, 0) is 11.2 Å². The van der Waals surface area contributed by atoms with Crippen LogP contribution < -0.4 is 20.7 Å². The van der Waals surface area contributed by atoms with Gasteiger partial charge in [0.05, 0.1) is 6.04 Å². The quantitative estimate of drug-likeness (QED) is 0.312. The predicted octanol–water partition coefficient (Wildman–Crippen LogP) is 4.27. The number of benzene rings is 2. The van der Waals surface area contributed by atoms with Crippen LogP contribution in [0, 0.1) is 0 Å². The number of halogens is 1. The second-order valence-electron chi connectivity index (χ2n) is 7.93. The minimum Gasteiger partial charge on any atom is -0.487 e. The third-order valence-electron chi connectivity index (χ3n) is 4.89. The highest BCUT2D eigenvalue weighted by atomic mass is 127. The number of carbonyl (C=O) groups excluding carboxylic acids is 1. The number of rotatable bonds is 5. The number of aliphatic imine (C=N–C) groups is 1. The lowest BCUT2D eigenvalue weighted by atomic mass is 9.90. The smallest absolute Gasteiger partial charge is 0.221 e. The number of hydrogen-bond acceptors (Lipinski definition) is 3. The molecule has 1 amide bonds. The van der Waals surface area contributed by atoms with Gasteiger partial charge in [0, 0.05) is 38.2 Å². The molecule has 162 valence electrons. The van der Waals surface area contributed by atoms with Crippen LogP contribution in [0.2, 0.25) is 0 Å². The summed E-state index contributed by atoms with van der Waals surface area (Å²) in [6, 6.07) is 16.2. The lowest BCUT2D eigenvalue weighted by molar-refractivity contribution is -0.114. The van der Waals surface area contributed by atoms with Crippen LogP contribution >= 0.6 is 24.0 Å². The molecular weight excluding hydrogens is 491 g/mol. The molecule has 3 N–H and O–H groups in total. The maximum Gasteiger partial charge on any atom is 0.221 e. The second kappa shape index (κ2) is 10.7. The van der Waals surface area contributed by atoms with E-state index in [0.717, 1.165) is 42.3 Å². The molecule has 7 heteroatoms. The summed E-state index contributed by atoms with van der Waals surface area (Å²) < 4.78 is 6.11. The molecule has 6 nitrogen and oxygen atoms in total. The summed E-state index contributed by atoms with van der Waals surface area (Å²) >= 11 is 0. The highest BCUT2D eigenvalue weighted by molar-refractivity contribution is 14.0. The van der Waals surface area contributed by atoms with Crippen molar-refractivity contribution in [2.24, 2.45) is 4.99 Å². The van der Waals surface area contributed by atoms with Gasteiger partial charge in [-0.05, 0) is 44.0 Å². The summed E-state index contributed by atoms with van der Waals surface area (Å²) in [5.74, 6) is 1.64. The molecule has 30 heavy (non-hydrogen) atoms. The van der Waals surface area contributed by atoms with Crippen LogP contribution in [0.5, 0.6) is 5.75 Å². The number of ether oxygens (including phenoxy) is 1. The van der Waals surface area contributed by atoms with Crippen molar-refractivity contribution in [3.05, 3.63) is 59.7 Å². The Morgan fingerprint density at radius 3 is 2.53 bits per heavy atom. The number of hydrogen-bond donors (Lipinski definition) is 3. The van der Waals surface area contributed by atoms with E-state index >= 15 is 0 Å². The Labute approximate surface area is 195 Å². The van der Waals surface area contributed by atoms with Crippen molar-refractivity contribution in [3.63, 3.8) is 0 Å². The van der Waals surface area contributed by atoms with Crippen LogP contribution in [0.4, 0.5) is 5.69 Å². The Bertz CT molecular complexity index is 881. The summed E-state index contributed by atoms with van der Waals surface area (Å²) in [6.07, 6.45) is 1.71. The fraction of sp³-hybridized carbons (Fsp3) is 0.391. The predicted molar refractivity (Wildman–Crippen MR) is 133 cm³/mol. The SMILES string of the molecule is CN=C(NCCc1ccc(NC(C)=O)cc1)NC1CC(C)(C)Oc2ccccc21.I. The summed E-state index contributed by atoms with van der Waals surface area (Å²) in [7, 11) is 1.79. The fourth-order valence-electron chi connectivity index (χ4n) is 3.57. The Morgan fingerprint density at radius 2 is 1.87 bits per heavy atom. The molecule has 1 unspecified atom stereocenters. The van der Waals surface area contributed by atoms with Crippen LogP contribution in [0.15, 0.2) is 53.5 Å². The lowest BCUT2D eigenvalue weighted by Crippen LogP contribution is -2.45. The molecule has 1 heterocycles. The normalized spacial score (nSPS) is 17.1. The van der Waals surface area contributed by atoms with E-state index in [0.29, 0.717) is 0 Å². The number of fused-ring (bicyclic) bond motifs is 1. The molecule has 0 radical (unpaired) electrons. The number of guanidine groups is 1. The number of carbonyl (C=O) groups is 1. The first-order valence-electron chi connectivity index (χ1n) is 9.98. The van der Waals surface area contributed by atoms with Crippen molar-refractivity contribution in [2.45, 2.75) is 45.3 Å². The van der Waals surface area contributed by atoms with Gasteiger partial charge < -0.3 is 20.7 Å². The van der Waals surface area contributed by atoms with E-state index < -0.39 is 0 Å². The third-order valence-corrected chi connectivity index (χ3v) is 4.89. The van der Waals surface area contributed by atoms with E-state index in [1.807, 2.05) is 42.5 Å². The lowest BCUT2D eigenvalue weighted by Gasteiger charge is -2.38. The Kier molecular flexibility index (Phi) is 8.52. The van der Waals surface area contributed by atoms with Crippen molar-refractivity contribution in [3.8, 4) is 5.75 Å². The van der Waals surface area contributed by atoms with E-state index in [1.165, 1.54) is 12.5 Å². The van der Waals surface area contributed by atoms with E-state index in [9.17, 15) is 4.79 Å². The number of nitrogens with zero attached hydrogens (tertiary/aromatic N) is 1. The molecular formula is C23H31IN4O2. The number of nitrogens with one attached hydrogen (secondary N) is 3. The molecule has 0 bridgehead atoms. The van der Waals surface area contributed by atoms with Crippen molar-refractivity contribution < 1.29 is 9.53 Å². The molecule has 0 fully saturated rings. The van der Waals surface area contributed by atoms with Crippen LogP contribution in [0.25, 0.3) is 0 Å². The zero-order valence-corrected chi connectivity index (χ0v) is 20.3. The van der Waals surface area contributed by atoms with Crippen LogP contribution in [0.1, 0.15) is 44.4 Å². The molecule has 2 aromatic carbocycles. The minimum absolute atomic E-state index is 0. The van der Waals surface area contributed by atoms with Gasteiger partial charge in [-0.1, -0.05) is 30.3 Å². The minimum atomic E-state index is -0.236. The Hall–Kier alpha value is -2.29.